The van der Waals surface area contributed by atoms with Gasteiger partial charge in [0, 0.05) is 4.47 Å². The van der Waals surface area contributed by atoms with E-state index in [-0.39, 0.29) is 10.8 Å². The van der Waals surface area contributed by atoms with Crippen molar-refractivity contribution in [1.29, 1.82) is 0 Å². The number of hydrogen-bond acceptors (Lipinski definition) is 5. The van der Waals surface area contributed by atoms with Gasteiger partial charge in [-0.05, 0) is 47.1 Å². The van der Waals surface area contributed by atoms with Crippen LogP contribution in [0.15, 0.2) is 46.0 Å². The van der Waals surface area contributed by atoms with Crippen LogP contribution >= 0.6 is 27.3 Å². The molecule has 0 unspecified atom stereocenters. The number of hydrazone groups is 1. The molecule has 0 saturated heterocycles. The maximum absolute atomic E-state index is 12.0. The summed E-state index contributed by atoms with van der Waals surface area (Å²) in [6.45, 7) is 1.69. The Morgan fingerprint density at radius 3 is 2.48 bits per heavy atom. The van der Waals surface area contributed by atoms with Crippen molar-refractivity contribution >= 4 is 44.9 Å². The lowest BCUT2D eigenvalue weighted by Crippen LogP contribution is -2.20. The number of carbonyl (C=O) groups excluding carboxylic acids is 2. The number of hydrogen-bond donors (Lipinski definition) is 1. The van der Waals surface area contributed by atoms with Gasteiger partial charge in [-0.1, -0.05) is 12.1 Å². The van der Waals surface area contributed by atoms with Crippen molar-refractivity contribution in [3.05, 3.63) is 56.2 Å². The highest BCUT2D eigenvalue weighted by Crippen LogP contribution is 2.17. The number of benzene rings is 1. The van der Waals surface area contributed by atoms with Gasteiger partial charge in [-0.2, -0.15) is 5.10 Å². The van der Waals surface area contributed by atoms with Crippen LogP contribution in [0.1, 0.15) is 31.8 Å². The molecule has 2 aromatic rings. The molecule has 5 nitrogen and oxygen atoms in total. The van der Waals surface area contributed by atoms with Gasteiger partial charge in [0.2, 0.25) is 0 Å². The van der Waals surface area contributed by atoms with Crippen LogP contribution in [-0.4, -0.2) is 17.6 Å². The fraction of sp³-hybridized carbons (Fsp3) is 0.0714. The number of aromatic carboxylic acids is 1. The van der Waals surface area contributed by atoms with E-state index in [2.05, 4.69) is 26.5 Å². The maximum Gasteiger partial charge on any atom is 0.272 e. The van der Waals surface area contributed by atoms with Crippen LogP contribution in [0.4, 0.5) is 0 Å². The predicted octanol–water partition coefficient (Wildman–Crippen LogP) is 2.03. The highest BCUT2D eigenvalue weighted by molar-refractivity contribution is 9.10. The molecule has 0 aliphatic carbocycles. The van der Waals surface area contributed by atoms with Gasteiger partial charge < -0.3 is 9.90 Å². The molecule has 1 heterocycles. The summed E-state index contributed by atoms with van der Waals surface area (Å²) in [4.78, 5) is 23.5. The lowest BCUT2D eigenvalue weighted by molar-refractivity contribution is -0.254. The summed E-state index contributed by atoms with van der Waals surface area (Å²) >= 11 is 4.33. The number of amides is 1. The molecule has 0 aliphatic rings. The van der Waals surface area contributed by atoms with Crippen LogP contribution in [-0.2, 0) is 0 Å². The summed E-state index contributed by atoms with van der Waals surface area (Å²) in [6, 6.07) is 10.1. The summed E-state index contributed by atoms with van der Waals surface area (Å²) < 4.78 is 0.672. The summed E-state index contributed by atoms with van der Waals surface area (Å²) in [7, 11) is 0. The molecular weight excluding hydrogens is 356 g/mol. The van der Waals surface area contributed by atoms with E-state index in [0.717, 1.165) is 11.3 Å². The third kappa shape index (κ3) is 3.77. The number of nitrogens with zero attached hydrogens (tertiary/aromatic N) is 1. The van der Waals surface area contributed by atoms with E-state index < -0.39 is 5.97 Å². The first kappa shape index (κ1) is 15.4. The van der Waals surface area contributed by atoms with Crippen molar-refractivity contribution in [2.75, 3.05) is 0 Å². The standard InChI is InChI=1S/C14H11BrN2O3S/c1-8(11-6-7-12(21-11)14(19)20)16-17-13(18)9-4-2-3-5-10(9)15/h2-7H,1H3,(H,17,18)(H,19,20)/p-1/b16-8-. The molecule has 0 bridgehead atoms. The highest BCUT2D eigenvalue weighted by atomic mass is 79.9. The second-order valence-corrected chi connectivity index (χ2v) is 6.01. The third-order valence-electron chi connectivity index (χ3n) is 2.61. The average molecular weight is 366 g/mol. The molecule has 1 N–H and O–H groups in total. The predicted molar refractivity (Wildman–Crippen MR) is 82.5 cm³/mol. The molecule has 0 radical (unpaired) electrons. The van der Waals surface area contributed by atoms with Crippen LogP contribution in [0, 0.1) is 0 Å². The summed E-state index contributed by atoms with van der Waals surface area (Å²) in [5, 5.41) is 14.7. The first-order chi connectivity index (χ1) is 9.99. The second-order valence-electron chi connectivity index (χ2n) is 4.07. The normalized spacial score (nSPS) is 11.2. The van der Waals surface area contributed by atoms with Crippen LogP contribution in [0.3, 0.4) is 0 Å². The van der Waals surface area contributed by atoms with Crippen molar-refractivity contribution < 1.29 is 14.7 Å². The van der Waals surface area contributed by atoms with E-state index in [0.29, 0.717) is 20.6 Å². The van der Waals surface area contributed by atoms with Gasteiger partial charge in [0.15, 0.2) is 0 Å². The molecule has 1 amide bonds. The molecule has 0 aliphatic heterocycles. The molecule has 1 aromatic carbocycles. The smallest absolute Gasteiger partial charge is 0.272 e. The average Bonchev–Trinajstić information content (AvgIpc) is 2.95. The zero-order chi connectivity index (χ0) is 15.4. The Labute approximate surface area is 133 Å². The van der Waals surface area contributed by atoms with Crippen LogP contribution in [0.5, 0.6) is 0 Å². The first-order valence-electron chi connectivity index (χ1n) is 5.89. The van der Waals surface area contributed by atoms with Gasteiger partial charge >= 0.3 is 0 Å². The Bertz CT molecular complexity index is 725. The monoisotopic (exact) mass is 365 g/mol. The Morgan fingerprint density at radius 2 is 1.86 bits per heavy atom. The van der Waals surface area contributed by atoms with Gasteiger partial charge in [0.05, 0.1) is 27.0 Å². The van der Waals surface area contributed by atoms with Gasteiger partial charge in [-0.3, -0.25) is 4.79 Å². The quantitative estimate of drug-likeness (QED) is 0.664. The molecule has 1 aromatic heterocycles. The van der Waals surface area contributed by atoms with E-state index in [9.17, 15) is 14.7 Å². The number of nitrogens with one attached hydrogen (secondary N) is 1. The zero-order valence-electron chi connectivity index (χ0n) is 10.9. The molecule has 2 rings (SSSR count). The molecule has 0 atom stereocenters. The number of thiophene rings is 1. The number of halogens is 1. The van der Waals surface area contributed by atoms with Crippen molar-refractivity contribution in [2.45, 2.75) is 6.92 Å². The van der Waals surface area contributed by atoms with Crippen LogP contribution < -0.4 is 10.5 Å². The molecule has 7 heteroatoms. The van der Waals surface area contributed by atoms with Gasteiger partial charge in [0.1, 0.15) is 0 Å². The Balaban J connectivity index is 2.11. The Morgan fingerprint density at radius 1 is 1.19 bits per heavy atom. The number of carboxylic acid groups (broad SMARTS) is 1. The maximum atomic E-state index is 12.0. The topological polar surface area (TPSA) is 81.6 Å². The van der Waals surface area contributed by atoms with Gasteiger partial charge in [-0.15, -0.1) is 11.3 Å². The molecule has 108 valence electrons. The minimum Gasteiger partial charge on any atom is -0.544 e. The Kier molecular flexibility index (Phi) is 4.87. The first-order valence-corrected chi connectivity index (χ1v) is 7.50. The molecule has 0 spiro atoms. The summed E-state index contributed by atoms with van der Waals surface area (Å²) in [5.74, 6) is -1.57. The summed E-state index contributed by atoms with van der Waals surface area (Å²) in [5.41, 5.74) is 3.43. The minimum absolute atomic E-state index is 0.122. The molecule has 21 heavy (non-hydrogen) atoms. The second kappa shape index (κ2) is 6.64. The van der Waals surface area contributed by atoms with E-state index in [1.165, 1.54) is 6.07 Å². The van der Waals surface area contributed by atoms with Crippen LogP contribution in [0.25, 0.3) is 0 Å². The van der Waals surface area contributed by atoms with E-state index in [1.54, 1.807) is 31.2 Å². The van der Waals surface area contributed by atoms with Crippen molar-refractivity contribution in [2.24, 2.45) is 5.10 Å². The molecule has 0 saturated carbocycles. The van der Waals surface area contributed by atoms with Crippen LogP contribution in [0.2, 0.25) is 0 Å². The SMILES string of the molecule is C/C(=N/NC(=O)c1ccccc1Br)c1ccc(C(=O)[O-])s1. The van der Waals surface area contributed by atoms with Crippen molar-refractivity contribution in [1.82, 2.24) is 5.43 Å². The minimum atomic E-state index is -1.23. The molecular formula is C14H10BrN2O3S-. The third-order valence-corrected chi connectivity index (χ3v) is 4.47. The van der Waals surface area contributed by atoms with Gasteiger partial charge in [-0.25, -0.2) is 5.43 Å². The largest absolute Gasteiger partial charge is 0.544 e. The van der Waals surface area contributed by atoms with Crippen molar-refractivity contribution in [3.63, 3.8) is 0 Å². The fourth-order valence-corrected chi connectivity index (χ4v) is 2.79. The van der Waals surface area contributed by atoms with E-state index in [4.69, 9.17) is 0 Å². The van der Waals surface area contributed by atoms with Gasteiger partial charge in [0.25, 0.3) is 5.91 Å². The number of carbonyl (C=O) groups is 2. The molecule has 0 fully saturated rings. The van der Waals surface area contributed by atoms with Crippen molar-refractivity contribution in [3.8, 4) is 0 Å². The van der Waals surface area contributed by atoms with E-state index >= 15 is 0 Å². The number of carboxylic acids is 1. The Hall–Kier alpha value is -1.99. The number of rotatable bonds is 4. The van der Waals surface area contributed by atoms with E-state index in [1.807, 2.05) is 6.07 Å². The highest BCUT2D eigenvalue weighted by Gasteiger charge is 2.09. The fourth-order valence-electron chi connectivity index (χ4n) is 1.54. The zero-order valence-corrected chi connectivity index (χ0v) is 13.3. The summed E-state index contributed by atoms with van der Waals surface area (Å²) in [6.07, 6.45) is 0. The lowest BCUT2D eigenvalue weighted by atomic mass is 10.2. The lowest BCUT2D eigenvalue weighted by Gasteiger charge is -2.03.